The highest BCUT2D eigenvalue weighted by Crippen LogP contribution is 2.18. The van der Waals surface area contributed by atoms with Crippen LogP contribution in [0.3, 0.4) is 0 Å². The number of nitrogens with zero attached hydrogens (tertiary/aromatic N) is 2. The van der Waals surface area contributed by atoms with Gasteiger partial charge in [0.05, 0.1) is 12.0 Å². The standard InChI is InChI=1S/C17H25N3/c1-5-8-14-9-6-7-10-16(14)20-13-18-11-15(20)12-19-17(2,3)4/h6-7,9-11,13,19H,5,8,12H2,1-4H3. The molecule has 3 nitrogen and oxygen atoms in total. The van der Waals surface area contributed by atoms with Crippen molar-refractivity contribution in [2.45, 2.75) is 52.6 Å². The summed E-state index contributed by atoms with van der Waals surface area (Å²) in [6.07, 6.45) is 6.11. The molecule has 1 aromatic heterocycles. The summed E-state index contributed by atoms with van der Waals surface area (Å²) in [6, 6.07) is 8.58. The van der Waals surface area contributed by atoms with E-state index in [9.17, 15) is 0 Å². The normalized spacial score (nSPS) is 11.8. The van der Waals surface area contributed by atoms with Gasteiger partial charge in [-0.25, -0.2) is 4.98 Å². The van der Waals surface area contributed by atoms with E-state index in [1.165, 1.54) is 16.9 Å². The van der Waals surface area contributed by atoms with Gasteiger partial charge in [-0.05, 0) is 38.8 Å². The summed E-state index contributed by atoms with van der Waals surface area (Å²) in [7, 11) is 0. The van der Waals surface area contributed by atoms with Crippen molar-refractivity contribution in [2.24, 2.45) is 0 Å². The SMILES string of the molecule is CCCc1ccccc1-n1cncc1CNC(C)(C)C. The van der Waals surface area contributed by atoms with Gasteiger partial charge >= 0.3 is 0 Å². The van der Waals surface area contributed by atoms with E-state index in [0.717, 1.165) is 19.4 Å². The summed E-state index contributed by atoms with van der Waals surface area (Å²) in [6.45, 7) is 9.58. The number of rotatable bonds is 5. The van der Waals surface area contributed by atoms with Crippen LogP contribution in [0.1, 0.15) is 45.4 Å². The van der Waals surface area contributed by atoms with Crippen molar-refractivity contribution >= 4 is 0 Å². The minimum absolute atomic E-state index is 0.109. The number of imidazole rings is 1. The fourth-order valence-electron chi connectivity index (χ4n) is 2.25. The molecule has 2 rings (SSSR count). The molecule has 1 heterocycles. The Morgan fingerprint density at radius 3 is 2.65 bits per heavy atom. The van der Waals surface area contributed by atoms with Crippen molar-refractivity contribution in [3.05, 3.63) is 48.0 Å². The predicted molar refractivity (Wildman–Crippen MR) is 84.2 cm³/mol. The van der Waals surface area contributed by atoms with Gasteiger partial charge in [-0.3, -0.25) is 0 Å². The van der Waals surface area contributed by atoms with Crippen LogP contribution in [-0.2, 0) is 13.0 Å². The van der Waals surface area contributed by atoms with E-state index < -0.39 is 0 Å². The Kier molecular flexibility index (Phi) is 4.61. The Hall–Kier alpha value is -1.61. The second-order valence-corrected chi connectivity index (χ2v) is 6.24. The third-order valence-corrected chi connectivity index (χ3v) is 3.29. The molecular weight excluding hydrogens is 246 g/mol. The summed E-state index contributed by atoms with van der Waals surface area (Å²) < 4.78 is 2.20. The summed E-state index contributed by atoms with van der Waals surface area (Å²) in [5.74, 6) is 0. The molecule has 0 fully saturated rings. The van der Waals surface area contributed by atoms with Crippen LogP contribution in [0.4, 0.5) is 0 Å². The second-order valence-electron chi connectivity index (χ2n) is 6.24. The van der Waals surface area contributed by atoms with Crippen LogP contribution in [0.15, 0.2) is 36.8 Å². The molecule has 0 amide bonds. The lowest BCUT2D eigenvalue weighted by atomic mass is 10.1. The number of aromatic nitrogens is 2. The first kappa shape index (κ1) is 14.8. The summed E-state index contributed by atoms with van der Waals surface area (Å²) in [5, 5.41) is 3.53. The Labute approximate surface area is 122 Å². The number of hydrogen-bond donors (Lipinski definition) is 1. The molecule has 108 valence electrons. The van der Waals surface area contributed by atoms with Crippen molar-refractivity contribution < 1.29 is 0 Å². The molecule has 0 unspecified atom stereocenters. The van der Waals surface area contributed by atoms with E-state index in [0.29, 0.717) is 0 Å². The molecule has 0 atom stereocenters. The molecule has 2 aromatic rings. The van der Waals surface area contributed by atoms with Crippen LogP contribution in [0, 0.1) is 0 Å². The first-order valence-corrected chi connectivity index (χ1v) is 7.36. The molecule has 1 aromatic carbocycles. The van der Waals surface area contributed by atoms with Crippen molar-refractivity contribution in [3.63, 3.8) is 0 Å². The quantitative estimate of drug-likeness (QED) is 0.898. The molecule has 0 saturated heterocycles. The van der Waals surface area contributed by atoms with E-state index in [2.05, 4.69) is 66.8 Å². The van der Waals surface area contributed by atoms with Crippen LogP contribution in [0.5, 0.6) is 0 Å². The van der Waals surface area contributed by atoms with Gasteiger partial charge in [0.25, 0.3) is 0 Å². The first-order valence-electron chi connectivity index (χ1n) is 7.36. The number of para-hydroxylation sites is 1. The average Bonchev–Trinajstić information content (AvgIpc) is 2.85. The maximum Gasteiger partial charge on any atom is 0.0994 e. The lowest BCUT2D eigenvalue weighted by Crippen LogP contribution is -2.35. The minimum Gasteiger partial charge on any atom is -0.306 e. The highest BCUT2D eigenvalue weighted by atomic mass is 15.1. The Morgan fingerprint density at radius 2 is 1.95 bits per heavy atom. The molecule has 0 aliphatic heterocycles. The lowest BCUT2D eigenvalue weighted by Gasteiger charge is -2.21. The average molecular weight is 271 g/mol. The van der Waals surface area contributed by atoms with Gasteiger partial charge in [0.2, 0.25) is 0 Å². The molecule has 0 radical (unpaired) electrons. The smallest absolute Gasteiger partial charge is 0.0994 e. The second kappa shape index (κ2) is 6.23. The number of nitrogens with one attached hydrogen (secondary N) is 1. The monoisotopic (exact) mass is 271 g/mol. The molecule has 0 saturated carbocycles. The van der Waals surface area contributed by atoms with Crippen molar-refractivity contribution in [3.8, 4) is 5.69 Å². The zero-order chi connectivity index (χ0) is 14.6. The maximum absolute atomic E-state index is 4.32. The maximum atomic E-state index is 4.32. The summed E-state index contributed by atoms with van der Waals surface area (Å²) in [4.78, 5) is 4.32. The largest absolute Gasteiger partial charge is 0.306 e. The van der Waals surface area contributed by atoms with E-state index >= 15 is 0 Å². The lowest BCUT2D eigenvalue weighted by molar-refractivity contribution is 0.419. The third-order valence-electron chi connectivity index (χ3n) is 3.29. The van der Waals surface area contributed by atoms with Crippen LogP contribution >= 0.6 is 0 Å². The van der Waals surface area contributed by atoms with E-state index in [1.807, 2.05) is 12.5 Å². The number of aryl methyl sites for hydroxylation is 1. The summed E-state index contributed by atoms with van der Waals surface area (Å²) in [5.41, 5.74) is 3.93. The van der Waals surface area contributed by atoms with E-state index in [4.69, 9.17) is 0 Å². The molecule has 1 N–H and O–H groups in total. The Morgan fingerprint density at radius 1 is 1.20 bits per heavy atom. The molecule has 20 heavy (non-hydrogen) atoms. The van der Waals surface area contributed by atoms with Crippen LogP contribution < -0.4 is 5.32 Å². The Balaban J connectivity index is 2.28. The fraction of sp³-hybridized carbons (Fsp3) is 0.471. The fourth-order valence-corrected chi connectivity index (χ4v) is 2.25. The topological polar surface area (TPSA) is 29.9 Å². The van der Waals surface area contributed by atoms with Gasteiger partial charge in [0, 0.05) is 24.0 Å². The van der Waals surface area contributed by atoms with Crippen molar-refractivity contribution in [1.29, 1.82) is 0 Å². The van der Waals surface area contributed by atoms with Gasteiger partial charge in [0.15, 0.2) is 0 Å². The molecule has 0 aliphatic carbocycles. The van der Waals surface area contributed by atoms with Gasteiger partial charge in [-0.1, -0.05) is 31.5 Å². The molecule has 0 spiro atoms. The van der Waals surface area contributed by atoms with Gasteiger partial charge in [-0.2, -0.15) is 0 Å². The highest BCUT2D eigenvalue weighted by molar-refractivity contribution is 5.42. The third kappa shape index (κ3) is 3.70. The van der Waals surface area contributed by atoms with Crippen molar-refractivity contribution in [2.75, 3.05) is 0 Å². The van der Waals surface area contributed by atoms with Gasteiger partial charge < -0.3 is 9.88 Å². The predicted octanol–water partition coefficient (Wildman–Crippen LogP) is 3.71. The highest BCUT2D eigenvalue weighted by Gasteiger charge is 2.12. The van der Waals surface area contributed by atoms with Crippen LogP contribution in [-0.4, -0.2) is 15.1 Å². The first-order chi connectivity index (χ1) is 9.51. The zero-order valence-corrected chi connectivity index (χ0v) is 13.0. The summed E-state index contributed by atoms with van der Waals surface area (Å²) >= 11 is 0. The molecule has 0 aliphatic rings. The Bertz CT molecular complexity index is 549. The van der Waals surface area contributed by atoms with Crippen molar-refractivity contribution in [1.82, 2.24) is 14.9 Å². The van der Waals surface area contributed by atoms with Gasteiger partial charge in [0.1, 0.15) is 0 Å². The van der Waals surface area contributed by atoms with Crippen LogP contribution in [0.2, 0.25) is 0 Å². The molecule has 0 bridgehead atoms. The number of hydrogen-bond acceptors (Lipinski definition) is 2. The van der Waals surface area contributed by atoms with Gasteiger partial charge in [-0.15, -0.1) is 0 Å². The van der Waals surface area contributed by atoms with E-state index in [1.54, 1.807) is 0 Å². The number of benzene rings is 1. The minimum atomic E-state index is 0.109. The zero-order valence-electron chi connectivity index (χ0n) is 13.0. The van der Waals surface area contributed by atoms with Crippen LogP contribution in [0.25, 0.3) is 5.69 Å². The molecule has 3 heteroatoms. The molecular formula is C17H25N3. The van der Waals surface area contributed by atoms with E-state index in [-0.39, 0.29) is 5.54 Å².